The van der Waals surface area contributed by atoms with Gasteiger partial charge in [0.1, 0.15) is 6.61 Å². The van der Waals surface area contributed by atoms with E-state index in [0.717, 1.165) is 34.6 Å². The van der Waals surface area contributed by atoms with Crippen LogP contribution in [0.5, 0.6) is 11.5 Å². The van der Waals surface area contributed by atoms with Crippen molar-refractivity contribution in [2.45, 2.75) is 50.5 Å². The van der Waals surface area contributed by atoms with E-state index >= 15 is 0 Å². The van der Waals surface area contributed by atoms with Gasteiger partial charge in [-0.15, -0.1) is 0 Å². The summed E-state index contributed by atoms with van der Waals surface area (Å²) in [5, 5.41) is 9.04. The number of aliphatic imine (C=N–C) groups is 1. The van der Waals surface area contributed by atoms with Crippen molar-refractivity contribution in [1.82, 2.24) is 0 Å². The number of benzene rings is 3. The topological polar surface area (TPSA) is 68.1 Å². The fourth-order valence-electron chi connectivity index (χ4n) is 7.30. The molecule has 0 aliphatic heterocycles. The van der Waals surface area contributed by atoms with Crippen LogP contribution in [0.1, 0.15) is 65.6 Å². The van der Waals surface area contributed by atoms with Gasteiger partial charge in [-0.25, -0.2) is 4.79 Å². The van der Waals surface area contributed by atoms with E-state index in [9.17, 15) is 4.79 Å². The average molecular weight is 496 g/mol. The third kappa shape index (κ3) is 4.87. The van der Waals surface area contributed by atoms with Crippen molar-refractivity contribution in [2.24, 2.45) is 22.7 Å². The second-order valence-electron chi connectivity index (χ2n) is 11.2. The van der Waals surface area contributed by atoms with Crippen LogP contribution >= 0.6 is 0 Å². The number of carboxylic acid groups (broad SMARTS) is 1. The summed E-state index contributed by atoms with van der Waals surface area (Å²) in [6.07, 6.45) is 10.4. The molecule has 4 aliphatic carbocycles. The maximum absolute atomic E-state index is 11.0. The van der Waals surface area contributed by atoms with Gasteiger partial charge in [-0.3, -0.25) is 4.99 Å². The zero-order valence-electron chi connectivity index (χ0n) is 21.2. The van der Waals surface area contributed by atoms with Crippen LogP contribution in [-0.2, 0) is 12.0 Å². The molecule has 0 amide bonds. The second-order valence-corrected chi connectivity index (χ2v) is 11.2. The minimum absolute atomic E-state index is 0.257. The maximum Gasteiger partial charge on any atom is 0.335 e. The zero-order chi connectivity index (χ0) is 25.4. The van der Waals surface area contributed by atoms with Gasteiger partial charge in [0.15, 0.2) is 11.5 Å². The lowest BCUT2D eigenvalue weighted by atomic mass is 9.48. The third-order valence-corrected chi connectivity index (χ3v) is 8.66. The summed E-state index contributed by atoms with van der Waals surface area (Å²) in [5.74, 6) is 3.16. The number of hydrogen-bond acceptors (Lipinski definition) is 4. The van der Waals surface area contributed by atoms with Crippen molar-refractivity contribution in [2.75, 3.05) is 7.11 Å². The monoisotopic (exact) mass is 495 g/mol. The molecule has 5 heteroatoms. The van der Waals surface area contributed by atoms with Gasteiger partial charge in [0.2, 0.25) is 0 Å². The molecule has 0 aromatic heterocycles. The molecule has 0 saturated heterocycles. The minimum atomic E-state index is -0.940. The molecule has 0 heterocycles. The van der Waals surface area contributed by atoms with Gasteiger partial charge in [0, 0.05) is 6.21 Å². The normalized spacial score (nSPS) is 25.9. The minimum Gasteiger partial charge on any atom is -0.493 e. The fourth-order valence-corrected chi connectivity index (χ4v) is 7.30. The predicted octanol–water partition coefficient (Wildman–Crippen LogP) is 7.19. The molecule has 4 fully saturated rings. The first-order valence-electron chi connectivity index (χ1n) is 13.3. The van der Waals surface area contributed by atoms with E-state index in [1.807, 2.05) is 24.4 Å². The Kier molecular flexibility index (Phi) is 6.23. The standard InChI is InChI=1S/C32H33NO4/c1-36-30-15-22(4-11-29(30)37-20-21-2-5-26(6-3-21)31(34)35)19-33-28-9-7-27(8-10-28)32-16-23-12-24(17-32)14-25(13-23)18-32/h2-11,15,19,23-25H,12-14,16-18,20H2,1H3,(H,34,35). The Labute approximate surface area is 218 Å². The summed E-state index contributed by atoms with van der Waals surface area (Å²) < 4.78 is 11.5. The first kappa shape index (κ1) is 23.8. The second kappa shape index (κ2) is 9.70. The first-order valence-corrected chi connectivity index (χ1v) is 13.3. The number of methoxy groups -OCH3 is 1. The van der Waals surface area contributed by atoms with Crippen molar-refractivity contribution in [3.63, 3.8) is 0 Å². The summed E-state index contributed by atoms with van der Waals surface area (Å²) >= 11 is 0. The molecule has 3 aromatic rings. The first-order chi connectivity index (χ1) is 18.0. The lowest BCUT2D eigenvalue weighted by Crippen LogP contribution is -2.48. The van der Waals surface area contributed by atoms with Gasteiger partial charge in [-0.05, 0) is 121 Å². The van der Waals surface area contributed by atoms with Crippen molar-refractivity contribution in [1.29, 1.82) is 0 Å². The molecule has 1 N–H and O–H groups in total. The Hall–Kier alpha value is -3.60. The average Bonchev–Trinajstić information content (AvgIpc) is 2.90. The summed E-state index contributed by atoms with van der Waals surface area (Å²) in [5.41, 5.74) is 4.96. The molecule has 3 aromatic carbocycles. The lowest BCUT2D eigenvalue weighted by molar-refractivity contribution is -0.00518. The highest BCUT2D eigenvalue weighted by atomic mass is 16.5. The number of ether oxygens (including phenoxy) is 2. The van der Waals surface area contributed by atoms with Crippen molar-refractivity contribution in [3.05, 3.63) is 89.0 Å². The van der Waals surface area contributed by atoms with E-state index in [2.05, 4.69) is 24.3 Å². The van der Waals surface area contributed by atoms with Gasteiger partial charge in [0.25, 0.3) is 0 Å². The van der Waals surface area contributed by atoms with Gasteiger partial charge in [-0.1, -0.05) is 24.3 Å². The Balaban J connectivity index is 1.11. The molecule has 0 spiro atoms. The van der Waals surface area contributed by atoms with Crippen LogP contribution in [0, 0.1) is 17.8 Å². The van der Waals surface area contributed by atoms with Gasteiger partial charge >= 0.3 is 5.97 Å². The summed E-state index contributed by atoms with van der Waals surface area (Å²) in [6, 6.07) is 21.4. The molecule has 0 atom stereocenters. The molecular formula is C32H33NO4. The van der Waals surface area contributed by atoms with E-state index in [-0.39, 0.29) is 5.56 Å². The molecule has 190 valence electrons. The number of nitrogens with zero attached hydrogens (tertiary/aromatic N) is 1. The lowest BCUT2D eigenvalue weighted by Gasteiger charge is -2.57. The predicted molar refractivity (Wildman–Crippen MR) is 144 cm³/mol. The largest absolute Gasteiger partial charge is 0.493 e. The molecule has 0 unspecified atom stereocenters. The Morgan fingerprint density at radius 1 is 0.919 bits per heavy atom. The maximum atomic E-state index is 11.0. The number of carboxylic acids is 1. The van der Waals surface area contributed by atoms with E-state index in [1.165, 1.54) is 44.1 Å². The quantitative estimate of drug-likeness (QED) is 0.336. The Morgan fingerprint density at radius 3 is 2.16 bits per heavy atom. The van der Waals surface area contributed by atoms with Gasteiger partial charge in [-0.2, -0.15) is 0 Å². The Bertz CT molecular complexity index is 1270. The molecule has 4 aliphatic rings. The van der Waals surface area contributed by atoms with E-state index in [4.69, 9.17) is 19.6 Å². The molecular weight excluding hydrogens is 462 g/mol. The third-order valence-electron chi connectivity index (χ3n) is 8.66. The molecule has 5 nitrogen and oxygen atoms in total. The van der Waals surface area contributed by atoms with Crippen LogP contribution in [0.4, 0.5) is 5.69 Å². The molecule has 4 saturated carbocycles. The molecule has 7 rings (SSSR count). The number of hydrogen-bond donors (Lipinski definition) is 1. The highest BCUT2D eigenvalue weighted by Gasteiger charge is 2.51. The van der Waals surface area contributed by atoms with Crippen molar-refractivity contribution >= 4 is 17.9 Å². The van der Waals surface area contributed by atoms with Crippen LogP contribution in [0.15, 0.2) is 71.7 Å². The molecule has 37 heavy (non-hydrogen) atoms. The molecule has 0 radical (unpaired) electrons. The van der Waals surface area contributed by atoms with E-state index in [1.54, 1.807) is 31.4 Å². The number of aromatic carboxylic acids is 1. The fraction of sp³-hybridized carbons (Fsp3) is 0.375. The van der Waals surface area contributed by atoms with Crippen LogP contribution in [-0.4, -0.2) is 24.4 Å². The zero-order valence-corrected chi connectivity index (χ0v) is 21.2. The SMILES string of the molecule is COc1cc(C=Nc2ccc(C34CC5CC(CC(C5)C3)C4)cc2)ccc1OCc1ccc(C(=O)O)cc1. The van der Waals surface area contributed by atoms with Crippen LogP contribution in [0.3, 0.4) is 0 Å². The van der Waals surface area contributed by atoms with Crippen LogP contribution in [0.25, 0.3) is 0 Å². The highest BCUT2D eigenvalue weighted by molar-refractivity contribution is 5.87. The molecule has 4 bridgehead atoms. The van der Waals surface area contributed by atoms with Crippen molar-refractivity contribution in [3.8, 4) is 11.5 Å². The van der Waals surface area contributed by atoms with Crippen LogP contribution in [0.2, 0.25) is 0 Å². The van der Waals surface area contributed by atoms with E-state index in [0.29, 0.717) is 23.5 Å². The number of carbonyl (C=O) groups is 1. The van der Waals surface area contributed by atoms with Crippen molar-refractivity contribution < 1.29 is 19.4 Å². The van der Waals surface area contributed by atoms with Gasteiger partial charge < -0.3 is 14.6 Å². The van der Waals surface area contributed by atoms with E-state index < -0.39 is 5.97 Å². The Morgan fingerprint density at radius 2 is 1.57 bits per heavy atom. The van der Waals surface area contributed by atoms with Crippen LogP contribution < -0.4 is 9.47 Å². The highest BCUT2D eigenvalue weighted by Crippen LogP contribution is 2.60. The summed E-state index contributed by atoms with van der Waals surface area (Å²) in [4.78, 5) is 15.7. The number of rotatable bonds is 8. The smallest absolute Gasteiger partial charge is 0.335 e. The summed E-state index contributed by atoms with van der Waals surface area (Å²) in [7, 11) is 1.62. The summed E-state index contributed by atoms with van der Waals surface area (Å²) in [6.45, 7) is 0.319. The van der Waals surface area contributed by atoms with Gasteiger partial charge in [0.05, 0.1) is 18.4 Å².